The third-order valence-corrected chi connectivity index (χ3v) is 6.98. The normalized spacial score (nSPS) is 13.9. The molecule has 1 fully saturated rings. The standard InChI is InChI=1S/C28H29Cl2N3O2/c29-24-9-5-10-25(30)27(24)32-28(35)33-18-16-22(17-19-33)21-12-14-23(15-13-21)31-26(34)11-4-8-20-6-2-1-3-7-20/h1-3,5-7,9-10,12-15,22H,4,8,11,16-19H2,(H,31,34)(H,32,35). The Morgan fingerprint density at radius 1 is 0.829 bits per heavy atom. The largest absolute Gasteiger partial charge is 0.326 e. The number of nitrogens with zero attached hydrogens (tertiary/aromatic N) is 1. The second-order valence-electron chi connectivity index (χ2n) is 8.80. The average molecular weight is 510 g/mol. The van der Waals surface area contributed by atoms with Crippen molar-refractivity contribution in [2.75, 3.05) is 23.7 Å². The van der Waals surface area contributed by atoms with E-state index in [9.17, 15) is 9.59 Å². The van der Waals surface area contributed by atoms with Gasteiger partial charge in [0.25, 0.3) is 0 Å². The minimum absolute atomic E-state index is 0.0339. The van der Waals surface area contributed by atoms with Crippen LogP contribution in [0.5, 0.6) is 0 Å². The van der Waals surface area contributed by atoms with Crippen LogP contribution < -0.4 is 10.6 Å². The first kappa shape index (κ1) is 25.1. The van der Waals surface area contributed by atoms with Crippen LogP contribution in [-0.2, 0) is 11.2 Å². The molecule has 1 heterocycles. The Bertz CT molecular complexity index is 1120. The zero-order valence-electron chi connectivity index (χ0n) is 19.5. The van der Waals surface area contributed by atoms with E-state index in [0.29, 0.717) is 41.2 Å². The maximum atomic E-state index is 12.7. The molecule has 0 saturated carbocycles. The van der Waals surface area contributed by atoms with E-state index in [1.807, 2.05) is 30.3 Å². The number of urea groups is 1. The zero-order valence-corrected chi connectivity index (χ0v) is 21.0. The molecule has 1 aliphatic rings. The number of carbonyl (C=O) groups excluding carboxylic acids is 2. The third kappa shape index (κ3) is 7.00. The molecule has 0 unspecified atom stereocenters. The topological polar surface area (TPSA) is 61.4 Å². The Balaban J connectivity index is 1.22. The molecule has 0 atom stereocenters. The van der Waals surface area contributed by atoms with Crippen molar-refractivity contribution in [3.8, 4) is 0 Å². The van der Waals surface area contributed by atoms with Crippen LogP contribution in [0.2, 0.25) is 10.0 Å². The van der Waals surface area contributed by atoms with E-state index in [2.05, 4.69) is 34.9 Å². The van der Waals surface area contributed by atoms with Crippen molar-refractivity contribution in [1.29, 1.82) is 0 Å². The van der Waals surface area contributed by atoms with Crippen molar-refractivity contribution >= 4 is 46.5 Å². The summed E-state index contributed by atoms with van der Waals surface area (Å²) >= 11 is 12.3. The van der Waals surface area contributed by atoms with Gasteiger partial charge in [0.15, 0.2) is 0 Å². The summed E-state index contributed by atoms with van der Waals surface area (Å²) in [7, 11) is 0. The summed E-state index contributed by atoms with van der Waals surface area (Å²) in [6.07, 6.45) is 3.96. The minimum atomic E-state index is -0.191. The van der Waals surface area contributed by atoms with Gasteiger partial charge in [-0.3, -0.25) is 4.79 Å². The summed E-state index contributed by atoms with van der Waals surface area (Å²) in [6.45, 7) is 1.30. The van der Waals surface area contributed by atoms with Crippen molar-refractivity contribution in [1.82, 2.24) is 4.90 Å². The number of carbonyl (C=O) groups is 2. The molecule has 3 aromatic rings. The molecule has 1 saturated heterocycles. The summed E-state index contributed by atoms with van der Waals surface area (Å²) in [5.74, 6) is 0.408. The highest BCUT2D eigenvalue weighted by molar-refractivity contribution is 6.39. The Morgan fingerprint density at radius 3 is 2.14 bits per heavy atom. The predicted octanol–water partition coefficient (Wildman–Crippen LogP) is 7.37. The van der Waals surface area contributed by atoms with E-state index in [1.54, 1.807) is 23.1 Å². The maximum absolute atomic E-state index is 12.7. The molecule has 7 heteroatoms. The Kier molecular flexibility index (Phi) is 8.67. The number of piperidine rings is 1. The van der Waals surface area contributed by atoms with E-state index < -0.39 is 0 Å². The maximum Gasteiger partial charge on any atom is 0.321 e. The predicted molar refractivity (Wildman–Crippen MR) is 143 cm³/mol. The second kappa shape index (κ2) is 12.1. The van der Waals surface area contributed by atoms with E-state index >= 15 is 0 Å². The number of rotatable bonds is 7. The molecule has 5 nitrogen and oxygen atoms in total. The van der Waals surface area contributed by atoms with Crippen molar-refractivity contribution < 1.29 is 9.59 Å². The Hall–Kier alpha value is -3.02. The molecule has 182 valence electrons. The highest BCUT2D eigenvalue weighted by Gasteiger charge is 2.24. The van der Waals surface area contributed by atoms with E-state index in [4.69, 9.17) is 23.2 Å². The van der Waals surface area contributed by atoms with Gasteiger partial charge < -0.3 is 15.5 Å². The molecule has 0 spiro atoms. The molecular formula is C28H29Cl2N3O2. The minimum Gasteiger partial charge on any atom is -0.326 e. The molecule has 35 heavy (non-hydrogen) atoms. The van der Waals surface area contributed by atoms with Crippen LogP contribution >= 0.6 is 23.2 Å². The Morgan fingerprint density at radius 2 is 1.49 bits per heavy atom. The number of halogens is 2. The number of nitrogens with one attached hydrogen (secondary N) is 2. The monoisotopic (exact) mass is 509 g/mol. The summed E-state index contributed by atoms with van der Waals surface area (Å²) in [4.78, 5) is 26.8. The number of amides is 3. The van der Waals surface area contributed by atoms with Gasteiger partial charge >= 0.3 is 6.03 Å². The molecule has 3 aromatic carbocycles. The van der Waals surface area contributed by atoms with Gasteiger partial charge in [-0.2, -0.15) is 0 Å². The molecule has 2 N–H and O–H groups in total. The SMILES string of the molecule is O=C(CCCc1ccccc1)Nc1ccc(C2CCN(C(=O)Nc3c(Cl)cccc3Cl)CC2)cc1. The summed E-state index contributed by atoms with van der Waals surface area (Å²) in [5.41, 5.74) is 3.73. The van der Waals surface area contributed by atoms with Gasteiger partial charge in [-0.1, -0.05) is 71.7 Å². The summed E-state index contributed by atoms with van der Waals surface area (Å²) in [5, 5.41) is 6.67. The lowest BCUT2D eigenvalue weighted by Crippen LogP contribution is -2.40. The number of para-hydroxylation sites is 1. The van der Waals surface area contributed by atoms with Gasteiger partial charge in [-0.25, -0.2) is 4.79 Å². The van der Waals surface area contributed by atoms with Gasteiger partial charge in [0.1, 0.15) is 0 Å². The lowest BCUT2D eigenvalue weighted by Gasteiger charge is -2.32. The number of anilines is 2. The van der Waals surface area contributed by atoms with Crippen molar-refractivity contribution in [2.24, 2.45) is 0 Å². The molecule has 3 amide bonds. The van der Waals surface area contributed by atoms with Crippen LogP contribution in [0.3, 0.4) is 0 Å². The lowest BCUT2D eigenvalue weighted by atomic mass is 9.89. The van der Waals surface area contributed by atoms with Gasteiger partial charge in [0, 0.05) is 25.2 Å². The van der Waals surface area contributed by atoms with Gasteiger partial charge in [-0.05, 0) is 67.0 Å². The molecule has 1 aliphatic heterocycles. The summed E-state index contributed by atoms with van der Waals surface area (Å²) in [6, 6.07) is 23.2. The fourth-order valence-corrected chi connectivity index (χ4v) is 4.87. The first-order valence-electron chi connectivity index (χ1n) is 11.9. The van der Waals surface area contributed by atoms with Crippen molar-refractivity contribution in [3.05, 3.63) is 94.0 Å². The molecule has 0 aliphatic carbocycles. The van der Waals surface area contributed by atoms with Gasteiger partial charge in [0.2, 0.25) is 5.91 Å². The highest BCUT2D eigenvalue weighted by atomic mass is 35.5. The first-order valence-corrected chi connectivity index (χ1v) is 12.7. The van der Waals surface area contributed by atoms with E-state index in [-0.39, 0.29) is 11.9 Å². The van der Waals surface area contributed by atoms with Crippen LogP contribution in [-0.4, -0.2) is 29.9 Å². The van der Waals surface area contributed by atoms with E-state index in [0.717, 1.165) is 31.4 Å². The molecule has 0 bridgehead atoms. The highest BCUT2D eigenvalue weighted by Crippen LogP contribution is 2.32. The quantitative estimate of drug-likeness (QED) is 0.349. The molecule has 4 rings (SSSR count). The average Bonchev–Trinajstić information content (AvgIpc) is 2.87. The summed E-state index contributed by atoms with van der Waals surface area (Å²) < 4.78 is 0. The van der Waals surface area contributed by atoms with Crippen molar-refractivity contribution in [2.45, 2.75) is 38.0 Å². The second-order valence-corrected chi connectivity index (χ2v) is 9.61. The molecule has 0 radical (unpaired) electrons. The number of benzene rings is 3. The zero-order chi connectivity index (χ0) is 24.6. The Labute approximate surface area is 216 Å². The van der Waals surface area contributed by atoms with Gasteiger partial charge in [-0.15, -0.1) is 0 Å². The van der Waals surface area contributed by atoms with Crippen LogP contribution in [0.4, 0.5) is 16.2 Å². The van der Waals surface area contributed by atoms with Crippen LogP contribution in [0.15, 0.2) is 72.8 Å². The smallest absolute Gasteiger partial charge is 0.321 e. The fraction of sp³-hybridized carbons (Fsp3) is 0.286. The van der Waals surface area contributed by atoms with Gasteiger partial charge in [0.05, 0.1) is 15.7 Å². The van der Waals surface area contributed by atoms with Crippen molar-refractivity contribution in [3.63, 3.8) is 0 Å². The fourth-order valence-electron chi connectivity index (χ4n) is 4.38. The van der Waals surface area contributed by atoms with Crippen LogP contribution in [0, 0.1) is 0 Å². The van der Waals surface area contributed by atoms with Crippen LogP contribution in [0.1, 0.15) is 42.7 Å². The number of hydrogen-bond acceptors (Lipinski definition) is 2. The third-order valence-electron chi connectivity index (χ3n) is 6.35. The molecule has 0 aromatic heterocycles. The molecular weight excluding hydrogens is 481 g/mol. The van der Waals surface area contributed by atoms with E-state index in [1.165, 1.54) is 11.1 Å². The first-order chi connectivity index (χ1) is 17.0. The van der Waals surface area contributed by atoms with Crippen LogP contribution in [0.25, 0.3) is 0 Å². The number of aryl methyl sites for hydroxylation is 1. The number of hydrogen-bond donors (Lipinski definition) is 2. The lowest BCUT2D eigenvalue weighted by molar-refractivity contribution is -0.116. The number of likely N-dealkylation sites (tertiary alicyclic amines) is 1.